The molecule has 0 atom stereocenters. The average Bonchev–Trinajstić information content (AvgIpc) is 2.72. The van der Waals surface area contributed by atoms with Gasteiger partial charge in [0.15, 0.2) is 0 Å². The van der Waals surface area contributed by atoms with E-state index in [1.54, 1.807) is 0 Å². The highest BCUT2D eigenvalue weighted by Crippen LogP contribution is 2.29. The first-order chi connectivity index (χ1) is 13.5. The van der Waals surface area contributed by atoms with Gasteiger partial charge in [-0.3, -0.25) is 0 Å². The fourth-order valence-electron chi connectivity index (χ4n) is 3.00. The Hall–Kier alpha value is -2.85. The molecule has 0 radical (unpaired) electrons. The number of rotatable bonds is 7. The van der Waals surface area contributed by atoms with Crippen molar-refractivity contribution in [3.8, 4) is 0 Å². The molecule has 0 amide bonds. The molecule has 0 aliphatic carbocycles. The maximum atomic E-state index is 12.6. The lowest BCUT2D eigenvalue weighted by atomic mass is 9.97. The van der Waals surface area contributed by atoms with E-state index in [2.05, 4.69) is 35.7 Å². The molecule has 0 spiro atoms. The molecule has 0 saturated heterocycles. The smallest absolute Gasteiger partial charge is 0.312 e. The summed E-state index contributed by atoms with van der Waals surface area (Å²) in [7, 11) is 0. The maximum absolute atomic E-state index is 12.6. The van der Waals surface area contributed by atoms with Crippen LogP contribution in [-0.4, -0.2) is 6.54 Å². The highest BCUT2D eigenvalue weighted by atomic mass is 19.4. The summed E-state index contributed by atoms with van der Waals surface area (Å²) in [5, 5.41) is 3.29. The summed E-state index contributed by atoms with van der Waals surface area (Å²) >= 11 is 0. The van der Waals surface area contributed by atoms with E-state index in [0.717, 1.165) is 41.8 Å². The summed E-state index contributed by atoms with van der Waals surface area (Å²) in [5.74, 6) is 0. The number of hydrogen-bond donors (Lipinski definition) is 1. The molecule has 0 aromatic heterocycles. The molecule has 0 saturated carbocycles. The van der Waals surface area contributed by atoms with Gasteiger partial charge in [0.05, 0.1) is 5.56 Å². The molecule has 3 aromatic carbocycles. The summed E-state index contributed by atoms with van der Waals surface area (Å²) in [6.07, 6.45) is -1.27. The predicted molar refractivity (Wildman–Crippen MR) is 108 cm³/mol. The first-order valence-electron chi connectivity index (χ1n) is 9.22. The minimum absolute atomic E-state index is 0.540. The second kappa shape index (κ2) is 9.38. The second-order valence-electron chi connectivity index (χ2n) is 6.51. The quantitative estimate of drug-likeness (QED) is 0.473. The predicted octanol–water partition coefficient (Wildman–Crippen LogP) is 6.32. The van der Waals surface area contributed by atoms with Crippen LogP contribution in [0, 0.1) is 0 Å². The van der Waals surface area contributed by atoms with E-state index in [-0.39, 0.29) is 0 Å². The van der Waals surface area contributed by atoms with Crippen molar-refractivity contribution in [1.29, 1.82) is 0 Å². The van der Waals surface area contributed by atoms with Crippen molar-refractivity contribution >= 4 is 5.57 Å². The zero-order valence-corrected chi connectivity index (χ0v) is 15.4. The lowest BCUT2D eigenvalue weighted by Crippen LogP contribution is -2.14. The fraction of sp³-hybridized carbons (Fsp3) is 0.167. The molecule has 0 unspecified atom stereocenters. The standard InChI is InChI=1S/C24H22F3N/c25-24(26,27)22-15-13-19(14-16-22)18-28-17-7-12-23(20-8-3-1-4-9-20)21-10-5-2-6-11-21/h1-6,8-16,28H,7,17-18H2. The lowest BCUT2D eigenvalue weighted by Gasteiger charge is -2.10. The van der Waals surface area contributed by atoms with Gasteiger partial charge in [-0.25, -0.2) is 0 Å². The Morgan fingerprint density at radius 2 is 1.29 bits per heavy atom. The largest absolute Gasteiger partial charge is 0.416 e. The van der Waals surface area contributed by atoms with Gasteiger partial charge in [-0.05, 0) is 47.4 Å². The molecular formula is C24H22F3N. The van der Waals surface area contributed by atoms with Crippen molar-refractivity contribution in [1.82, 2.24) is 5.32 Å². The van der Waals surface area contributed by atoms with Crippen LogP contribution in [0.15, 0.2) is 91.0 Å². The Kier molecular flexibility index (Phi) is 6.66. The first-order valence-corrected chi connectivity index (χ1v) is 9.22. The van der Waals surface area contributed by atoms with E-state index in [0.29, 0.717) is 6.54 Å². The molecule has 3 aromatic rings. The number of benzene rings is 3. The van der Waals surface area contributed by atoms with Crippen LogP contribution in [0.1, 0.15) is 28.7 Å². The first kappa shape index (κ1) is 19.9. The highest BCUT2D eigenvalue weighted by molar-refractivity contribution is 5.79. The van der Waals surface area contributed by atoms with Crippen molar-refractivity contribution in [2.24, 2.45) is 0 Å². The lowest BCUT2D eigenvalue weighted by molar-refractivity contribution is -0.137. The summed E-state index contributed by atoms with van der Waals surface area (Å²) in [6.45, 7) is 1.28. The van der Waals surface area contributed by atoms with Gasteiger partial charge < -0.3 is 5.32 Å². The second-order valence-corrected chi connectivity index (χ2v) is 6.51. The van der Waals surface area contributed by atoms with Gasteiger partial charge >= 0.3 is 6.18 Å². The Labute approximate surface area is 163 Å². The molecule has 144 valence electrons. The summed E-state index contributed by atoms with van der Waals surface area (Å²) in [6, 6.07) is 25.7. The van der Waals surface area contributed by atoms with Gasteiger partial charge in [-0.2, -0.15) is 13.2 Å². The highest BCUT2D eigenvalue weighted by Gasteiger charge is 2.29. The van der Waals surface area contributed by atoms with Gasteiger partial charge in [0.25, 0.3) is 0 Å². The molecule has 0 bridgehead atoms. The average molecular weight is 381 g/mol. The van der Waals surface area contributed by atoms with Crippen LogP contribution in [0.5, 0.6) is 0 Å². The van der Waals surface area contributed by atoms with Gasteiger partial charge in [0, 0.05) is 6.54 Å². The Bertz CT molecular complexity index is 841. The van der Waals surface area contributed by atoms with Crippen LogP contribution in [0.2, 0.25) is 0 Å². The van der Waals surface area contributed by atoms with Crippen molar-refractivity contribution in [3.63, 3.8) is 0 Å². The van der Waals surface area contributed by atoms with Crippen molar-refractivity contribution < 1.29 is 13.2 Å². The zero-order chi connectivity index (χ0) is 19.8. The zero-order valence-electron chi connectivity index (χ0n) is 15.4. The van der Waals surface area contributed by atoms with Crippen LogP contribution in [0.25, 0.3) is 5.57 Å². The molecule has 1 nitrogen and oxygen atoms in total. The van der Waals surface area contributed by atoms with Gasteiger partial charge in [0.2, 0.25) is 0 Å². The van der Waals surface area contributed by atoms with Gasteiger partial charge in [0.1, 0.15) is 0 Å². The van der Waals surface area contributed by atoms with E-state index in [4.69, 9.17) is 0 Å². The van der Waals surface area contributed by atoms with Crippen molar-refractivity contribution in [2.45, 2.75) is 19.1 Å². The minimum atomic E-state index is -4.29. The van der Waals surface area contributed by atoms with Gasteiger partial charge in [-0.15, -0.1) is 0 Å². The normalized spacial score (nSPS) is 11.2. The van der Waals surface area contributed by atoms with E-state index in [1.807, 2.05) is 36.4 Å². The summed E-state index contributed by atoms with van der Waals surface area (Å²) in [5.41, 5.74) is 3.73. The number of hydrogen-bond acceptors (Lipinski definition) is 1. The molecule has 28 heavy (non-hydrogen) atoms. The van der Waals surface area contributed by atoms with Crippen LogP contribution in [0.4, 0.5) is 13.2 Å². The van der Waals surface area contributed by atoms with Gasteiger partial charge in [-0.1, -0.05) is 78.9 Å². The Morgan fingerprint density at radius 1 is 0.750 bits per heavy atom. The summed E-state index contributed by atoms with van der Waals surface area (Å²) < 4.78 is 37.8. The molecular weight excluding hydrogens is 359 g/mol. The number of alkyl halides is 3. The van der Waals surface area contributed by atoms with Crippen LogP contribution in [0.3, 0.4) is 0 Å². The van der Waals surface area contributed by atoms with Crippen LogP contribution < -0.4 is 5.32 Å². The molecule has 0 aliphatic rings. The molecule has 0 heterocycles. The third-order valence-corrected chi connectivity index (χ3v) is 4.45. The van der Waals surface area contributed by atoms with E-state index >= 15 is 0 Å². The van der Waals surface area contributed by atoms with Crippen LogP contribution >= 0.6 is 0 Å². The molecule has 0 fully saturated rings. The SMILES string of the molecule is FC(F)(F)c1ccc(CNCCC=C(c2ccccc2)c2ccccc2)cc1. The summed E-state index contributed by atoms with van der Waals surface area (Å²) in [4.78, 5) is 0. The molecule has 0 aliphatic heterocycles. The molecule has 4 heteroatoms. The fourth-order valence-corrected chi connectivity index (χ4v) is 3.00. The van der Waals surface area contributed by atoms with E-state index in [1.165, 1.54) is 17.7 Å². The number of nitrogens with one attached hydrogen (secondary N) is 1. The Balaban J connectivity index is 1.59. The Morgan fingerprint density at radius 3 is 1.79 bits per heavy atom. The maximum Gasteiger partial charge on any atom is 0.416 e. The van der Waals surface area contributed by atoms with E-state index < -0.39 is 11.7 Å². The topological polar surface area (TPSA) is 12.0 Å². The van der Waals surface area contributed by atoms with Crippen molar-refractivity contribution in [3.05, 3.63) is 113 Å². The van der Waals surface area contributed by atoms with E-state index in [9.17, 15) is 13.2 Å². The number of halogens is 3. The molecule has 3 rings (SSSR count). The minimum Gasteiger partial charge on any atom is -0.312 e. The van der Waals surface area contributed by atoms with Crippen molar-refractivity contribution in [2.75, 3.05) is 6.54 Å². The molecule has 1 N–H and O–H groups in total. The van der Waals surface area contributed by atoms with Crippen LogP contribution in [-0.2, 0) is 12.7 Å². The third kappa shape index (κ3) is 5.57. The monoisotopic (exact) mass is 381 g/mol. The third-order valence-electron chi connectivity index (χ3n) is 4.45.